The fourth-order valence-corrected chi connectivity index (χ4v) is 2.19. The van der Waals surface area contributed by atoms with E-state index in [0.29, 0.717) is 6.61 Å². The molecule has 1 aliphatic heterocycles. The molecular formula is C13H15FN2O4. The minimum absolute atomic E-state index is 0.236. The predicted octanol–water partition coefficient (Wildman–Crippen LogP) is 2.03. The van der Waals surface area contributed by atoms with Crippen LogP contribution in [-0.2, 0) is 4.74 Å². The molecule has 1 atom stereocenters. The second-order valence-electron chi connectivity index (χ2n) is 5.00. The van der Waals surface area contributed by atoms with Crippen LogP contribution in [-0.4, -0.2) is 29.6 Å². The first-order valence-electron chi connectivity index (χ1n) is 6.27. The van der Waals surface area contributed by atoms with Gasteiger partial charge in [-0.3, -0.25) is 14.9 Å². The molecule has 7 heteroatoms. The number of benzene rings is 1. The van der Waals surface area contributed by atoms with Crippen molar-refractivity contribution in [3.05, 3.63) is 39.7 Å². The van der Waals surface area contributed by atoms with E-state index in [0.717, 1.165) is 31.0 Å². The van der Waals surface area contributed by atoms with Gasteiger partial charge in [-0.1, -0.05) is 0 Å². The van der Waals surface area contributed by atoms with E-state index >= 15 is 0 Å². The first kappa shape index (κ1) is 14.4. The molecule has 1 aromatic carbocycles. The number of hydrogen-bond acceptors (Lipinski definition) is 4. The van der Waals surface area contributed by atoms with Crippen LogP contribution in [0.3, 0.4) is 0 Å². The van der Waals surface area contributed by atoms with E-state index < -0.39 is 27.9 Å². The van der Waals surface area contributed by atoms with Gasteiger partial charge in [-0.15, -0.1) is 0 Å². The zero-order chi connectivity index (χ0) is 14.8. The van der Waals surface area contributed by atoms with Gasteiger partial charge >= 0.3 is 0 Å². The molecule has 6 nitrogen and oxygen atoms in total. The molecular weight excluding hydrogens is 267 g/mol. The summed E-state index contributed by atoms with van der Waals surface area (Å²) < 4.78 is 18.7. The van der Waals surface area contributed by atoms with Gasteiger partial charge in [-0.2, -0.15) is 0 Å². The van der Waals surface area contributed by atoms with Crippen LogP contribution in [0.1, 0.15) is 30.1 Å². The maximum absolute atomic E-state index is 13.2. The fraction of sp³-hybridized carbons (Fsp3) is 0.462. The van der Waals surface area contributed by atoms with Gasteiger partial charge in [0.15, 0.2) is 0 Å². The monoisotopic (exact) mass is 282 g/mol. The van der Waals surface area contributed by atoms with Crippen molar-refractivity contribution in [3.8, 4) is 0 Å². The highest BCUT2D eigenvalue weighted by Crippen LogP contribution is 2.24. The Balaban J connectivity index is 2.12. The third kappa shape index (κ3) is 3.11. The van der Waals surface area contributed by atoms with E-state index in [9.17, 15) is 19.3 Å². The normalized spacial score (nSPS) is 21.7. The van der Waals surface area contributed by atoms with E-state index in [1.807, 2.05) is 6.92 Å². The molecule has 2 rings (SSSR count). The first-order chi connectivity index (χ1) is 9.41. The number of ether oxygens (including phenoxy) is 1. The second kappa shape index (κ2) is 5.54. The highest BCUT2D eigenvalue weighted by molar-refractivity contribution is 5.98. The van der Waals surface area contributed by atoms with Crippen LogP contribution in [0.25, 0.3) is 0 Å². The van der Waals surface area contributed by atoms with Crippen molar-refractivity contribution in [1.82, 2.24) is 5.32 Å². The lowest BCUT2D eigenvalue weighted by Crippen LogP contribution is -2.40. The second-order valence-corrected chi connectivity index (χ2v) is 5.00. The Labute approximate surface area is 115 Å². The van der Waals surface area contributed by atoms with Crippen molar-refractivity contribution in [1.29, 1.82) is 0 Å². The molecule has 1 aliphatic rings. The Kier molecular flexibility index (Phi) is 3.99. The van der Waals surface area contributed by atoms with Gasteiger partial charge in [0.25, 0.3) is 11.6 Å². The average molecular weight is 282 g/mol. The third-order valence-corrected chi connectivity index (χ3v) is 3.32. The van der Waals surface area contributed by atoms with Crippen molar-refractivity contribution in [3.63, 3.8) is 0 Å². The van der Waals surface area contributed by atoms with E-state index in [1.54, 1.807) is 0 Å². The van der Waals surface area contributed by atoms with E-state index in [2.05, 4.69) is 5.32 Å². The number of nitrogens with one attached hydrogen (secondary N) is 1. The molecule has 0 aromatic heterocycles. The van der Waals surface area contributed by atoms with Gasteiger partial charge in [0.05, 0.1) is 10.5 Å². The molecule has 1 heterocycles. The molecule has 0 bridgehead atoms. The van der Waals surface area contributed by atoms with Crippen molar-refractivity contribution in [2.75, 3.05) is 13.2 Å². The predicted molar refractivity (Wildman–Crippen MR) is 69.0 cm³/mol. The van der Waals surface area contributed by atoms with Crippen LogP contribution < -0.4 is 5.32 Å². The molecule has 0 aliphatic carbocycles. The Hall–Kier alpha value is -2.02. The highest BCUT2D eigenvalue weighted by atomic mass is 19.1. The summed E-state index contributed by atoms with van der Waals surface area (Å²) in [7, 11) is 0. The Morgan fingerprint density at radius 1 is 1.60 bits per heavy atom. The standard InChI is InChI=1S/C13H15FN2O4/c1-13(5-2-6-20-13)8-15-12(17)10-7-9(14)3-4-11(10)16(18)19/h3-4,7H,2,5-6,8H2,1H3,(H,15,17). The topological polar surface area (TPSA) is 81.5 Å². The van der Waals surface area contributed by atoms with Gasteiger partial charge in [0.2, 0.25) is 0 Å². The number of amides is 1. The average Bonchev–Trinajstić information content (AvgIpc) is 2.83. The molecule has 20 heavy (non-hydrogen) atoms. The number of nitro benzene ring substituents is 1. The SMILES string of the molecule is CC1(CNC(=O)c2cc(F)ccc2[N+](=O)[O-])CCCO1. The minimum atomic E-state index is -0.706. The maximum Gasteiger partial charge on any atom is 0.282 e. The van der Waals surface area contributed by atoms with Gasteiger partial charge in [-0.25, -0.2) is 4.39 Å². The summed E-state index contributed by atoms with van der Waals surface area (Å²) in [6.45, 7) is 2.73. The van der Waals surface area contributed by atoms with Crippen LogP contribution in [0.2, 0.25) is 0 Å². The molecule has 0 spiro atoms. The maximum atomic E-state index is 13.2. The lowest BCUT2D eigenvalue weighted by molar-refractivity contribution is -0.385. The number of carbonyl (C=O) groups is 1. The van der Waals surface area contributed by atoms with Crippen molar-refractivity contribution in [2.45, 2.75) is 25.4 Å². The number of nitro groups is 1. The zero-order valence-corrected chi connectivity index (χ0v) is 11.0. The van der Waals surface area contributed by atoms with Crippen LogP contribution in [0.15, 0.2) is 18.2 Å². The van der Waals surface area contributed by atoms with Crippen LogP contribution in [0, 0.1) is 15.9 Å². The van der Waals surface area contributed by atoms with E-state index in [1.165, 1.54) is 0 Å². The summed E-state index contributed by atoms with van der Waals surface area (Å²) in [5.41, 5.74) is -1.16. The summed E-state index contributed by atoms with van der Waals surface area (Å²) in [4.78, 5) is 22.1. The lowest BCUT2D eigenvalue weighted by atomic mass is 10.0. The van der Waals surface area contributed by atoms with E-state index in [-0.39, 0.29) is 12.1 Å². The smallest absolute Gasteiger partial charge is 0.282 e. The van der Waals surface area contributed by atoms with Crippen LogP contribution in [0.4, 0.5) is 10.1 Å². The quantitative estimate of drug-likeness (QED) is 0.676. The molecule has 1 saturated heterocycles. The van der Waals surface area contributed by atoms with E-state index in [4.69, 9.17) is 4.74 Å². The highest BCUT2D eigenvalue weighted by Gasteiger charge is 2.31. The number of halogens is 1. The number of hydrogen-bond donors (Lipinski definition) is 1. The minimum Gasteiger partial charge on any atom is -0.373 e. The van der Waals surface area contributed by atoms with Gasteiger partial charge in [-0.05, 0) is 31.9 Å². The summed E-state index contributed by atoms with van der Waals surface area (Å²) >= 11 is 0. The Morgan fingerprint density at radius 2 is 2.35 bits per heavy atom. The molecule has 1 unspecified atom stereocenters. The van der Waals surface area contributed by atoms with Crippen molar-refractivity contribution < 1.29 is 18.8 Å². The summed E-state index contributed by atoms with van der Waals surface area (Å²) in [6.07, 6.45) is 1.71. The molecule has 1 fully saturated rings. The Bertz CT molecular complexity index is 541. The van der Waals surface area contributed by atoms with Crippen LogP contribution >= 0.6 is 0 Å². The fourth-order valence-electron chi connectivity index (χ4n) is 2.19. The van der Waals surface area contributed by atoms with Crippen molar-refractivity contribution in [2.24, 2.45) is 0 Å². The number of nitrogens with zero attached hydrogens (tertiary/aromatic N) is 1. The van der Waals surface area contributed by atoms with Gasteiger partial charge in [0, 0.05) is 19.2 Å². The third-order valence-electron chi connectivity index (χ3n) is 3.32. The summed E-state index contributed by atoms with van der Waals surface area (Å²) in [5, 5.41) is 13.4. The van der Waals surface area contributed by atoms with Gasteiger partial charge < -0.3 is 10.1 Å². The number of carbonyl (C=O) groups excluding carboxylic acids is 1. The summed E-state index contributed by atoms with van der Waals surface area (Å²) in [5.74, 6) is -1.36. The lowest BCUT2D eigenvalue weighted by Gasteiger charge is -2.23. The molecule has 1 amide bonds. The largest absolute Gasteiger partial charge is 0.373 e. The van der Waals surface area contributed by atoms with Gasteiger partial charge in [0.1, 0.15) is 11.4 Å². The Morgan fingerprint density at radius 3 is 2.95 bits per heavy atom. The zero-order valence-electron chi connectivity index (χ0n) is 11.0. The molecule has 1 N–H and O–H groups in total. The number of rotatable bonds is 4. The molecule has 108 valence electrons. The first-order valence-corrected chi connectivity index (χ1v) is 6.27. The molecule has 1 aromatic rings. The molecule has 0 saturated carbocycles. The van der Waals surface area contributed by atoms with Crippen LogP contribution in [0.5, 0.6) is 0 Å². The molecule has 0 radical (unpaired) electrons. The summed E-state index contributed by atoms with van der Waals surface area (Å²) in [6, 6.07) is 2.81. The van der Waals surface area contributed by atoms with Crippen molar-refractivity contribution >= 4 is 11.6 Å².